The fourth-order valence-electron chi connectivity index (χ4n) is 2.60. The summed E-state index contributed by atoms with van der Waals surface area (Å²) in [5, 5.41) is 14.6. The van der Waals surface area contributed by atoms with E-state index < -0.39 is 6.10 Å². The molecule has 0 radical (unpaired) electrons. The number of benzene rings is 2. The van der Waals surface area contributed by atoms with Gasteiger partial charge in [0.05, 0.1) is 6.54 Å². The van der Waals surface area contributed by atoms with Crippen molar-refractivity contribution in [2.24, 2.45) is 10.7 Å². The molecule has 1 heterocycles. The van der Waals surface area contributed by atoms with Gasteiger partial charge in [-0.3, -0.25) is 4.99 Å². The maximum atomic E-state index is 10.4. The first-order valence-electron chi connectivity index (χ1n) is 8.36. The highest BCUT2D eigenvalue weighted by Gasteiger charge is 2.11. The lowest BCUT2D eigenvalue weighted by Gasteiger charge is -2.10. The van der Waals surface area contributed by atoms with E-state index in [1.165, 1.54) is 5.56 Å². The van der Waals surface area contributed by atoms with Gasteiger partial charge in [-0.2, -0.15) is 0 Å². The number of aliphatic imine (C=N–C) groups is 1. The fourth-order valence-corrected chi connectivity index (χ4v) is 3.65. The second kappa shape index (κ2) is 7.68. The number of anilines is 1. The molecule has 3 aromatic rings. The number of nitrogens with two attached hydrogens (primary N) is 1. The minimum Gasteiger partial charge on any atom is -0.386 e. The van der Waals surface area contributed by atoms with Gasteiger partial charge in [-0.15, -0.1) is 11.3 Å². The van der Waals surface area contributed by atoms with Crippen molar-refractivity contribution in [3.63, 3.8) is 0 Å². The van der Waals surface area contributed by atoms with Gasteiger partial charge in [0, 0.05) is 15.3 Å². The molecule has 5 heteroatoms. The average Bonchev–Trinajstić information content (AvgIpc) is 3.04. The van der Waals surface area contributed by atoms with E-state index in [0.717, 1.165) is 20.7 Å². The third kappa shape index (κ3) is 4.38. The molecular formula is C20H23N3OS. The molecule has 130 valence electrons. The zero-order valence-corrected chi connectivity index (χ0v) is 15.3. The summed E-state index contributed by atoms with van der Waals surface area (Å²) in [6, 6.07) is 18.2. The second-order valence-electron chi connectivity index (χ2n) is 6.33. The van der Waals surface area contributed by atoms with E-state index in [0.29, 0.717) is 11.9 Å². The maximum absolute atomic E-state index is 10.4. The molecule has 1 aromatic heterocycles. The van der Waals surface area contributed by atoms with Crippen LogP contribution >= 0.6 is 11.3 Å². The van der Waals surface area contributed by atoms with Crippen molar-refractivity contribution < 1.29 is 5.11 Å². The zero-order chi connectivity index (χ0) is 17.8. The van der Waals surface area contributed by atoms with Gasteiger partial charge < -0.3 is 16.2 Å². The first-order chi connectivity index (χ1) is 12.0. The van der Waals surface area contributed by atoms with Crippen molar-refractivity contribution in [2.45, 2.75) is 25.9 Å². The Kier molecular flexibility index (Phi) is 5.36. The van der Waals surface area contributed by atoms with Gasteiger partial charge in [0.25, 0.3) is 0 Å². The van der Waals surface area contributed by atoms with E-state index >= 15 is 0 Å². The Bertz CT molecular complexity index is 852. The Balaban J connectivity index is 1.65. The highest BCUT2D eigenvalue weighted by Crippen LogP contribution is 2.29. The van der Waals surface area contributed by atoms with Crippen LogP contribution in [0.2, 0.25) is 0 Å². The Labute approximate surface area is 152 Å². The van der Waals surface area contributed by atoms with Crippen LogP contribution in [0.25, 0.3) is 10.1 Å². The van der Waals surface area contributed by atoms with Crippen molar-refractivity contribution in [3.05, 3.63) is 65.0 Å². The van der Waals surface area contributed by atoms with Gasteiger partial charge in [-0.1, -0.05) is 44.2 Å². The SMILES string of the molecule is CC(C)c1cccc(NC(N)=NCC(O)c2cc3ccccc3s2)c1. The number of hydrogen-bond acceptors (Lipinski definition) is 3. The first kappa shape index (κ1) is 17.5. The molecule has 0 saturated carbocycles. The van der Waals surface area contributed by atoms with Crippen LogP contribution in [-0.4, -0.2) is 17.6 Å². The predicted molar refractivity (Wildman–Crippen MR) is 107 cm³/mol. The number of nitrogens with zero attached hydrogens (tertiary/aromatic N) is 1. The molecule has 0 aliphatic heterocycles. The van der Waals surface area contributed by atoms with Gasteiger partial charge >= 0.3 is 0 Å². The van der Waals surface area contributed by atoms with Gasteiger partial charge in [0.2, 0.25) is 0 Å². The zero-order valence-electron chi connectivity index (χ0n) is 14.4. The summed E-state index contributed by atoms with van der Waals surface area (Å²) >= 11 is 1.59. The van der Waals surface area contributed by atoms with Crippen molar-refractivity contribution >= 4 is 33.1 Å². The molecule has 1 unspecified atom stereocenters. The molecule has 0 amide bonds. The van der Waals surface area contributed by atoms with E-state index in [1.54, 1.807) is 11.3 Å². The van der Waals surface area contributed by atoms with Gasteiger partial charge in [0.1, 0.15) is 6.10 Å². The Morgan fingerprint density at radius 3 is 2.72 bits per heavy atom. The highest BCUT2D eigenvalue weighted by molar-refractivity contribution is 7.19. The van der Waals surface area contributed by atoms with Crippen molar-refractivity contribution in [3.8, 4) is 0 Å². The molecule has 0 spiro atoms. The summed E-state index contributed by atoms with van der Waals surface area (Å²) in [6.07, 6.45) is -0.653. The molecule has 0 aliphatic carbocycles. The lowest BCUT2D eigenvalue weighted by Crippen LogP contribution is -2.23. The fraction of sp³-hybridized carbons (Fsp3) is 0.250. The summed E-state index contributed by atoms with van der Waals surface area (Å²) < 4.78 is 1.16. The van der Waals surface area contributed by atoms with E-state index in [-0.39, 0.29) is 6.54 Å². The summed E-state index contributed by atoms with van der Waals surface area (Å²) in [4.78, 5) is 5.18. The smallest absolute Gasteiger partial charge is 0.193 e. The van der Waals surface area contributed by atoms with Crippen LogP contribution in [0.3, 0.4) is 0 Å². The molecule has 4 nitrogen and oxygen atoms in total. The molecule has 0 fully saturated rings. The maximum Gasteiger partial charge on any atom is 0.193 e. The van der Waals surface area contributed by atoms with Crippen LogP contribution in [-0.2, 0) is 0 Å². The number of hydrogen-bond donors (Lipinski definition) is 3. The lowest BCUT2D eigenvalue weighted by atomic mass is 10.0. The highest BCUT2D eigenvalue weighted by atomic mass is 32.1. The standard InChI is InChI=1S/C20H23N3OS/c1-13(2)14-7-5-8-16(10-14)23-20(21)22-12-17(24)19-11-15-6-3-4-9-18(15)25-19/h3-11,13,17,24H,12H2,1-2H3,(H3,21,22,23). The molecule has 1 atom stereocenters. The first-order valence-corrected chi connectivity index (χ1v) is 9.18. The van der Waals surface area contributed by atoms with E-state index in [9.17, 15) is 5.11 Å². The Morgan fingerprint density at radius 2 is 1.96 bits per heavy atom. The number of fused-ring (bicyclic) bond motifs is 1. The van der Waals surface area contributed by atoms with Crippen LogP contribution in [0.1, 0.15) is 36.3 Å². The molecule has 25 heavy (non-hydrogen) atoms. The molecule has 4 N–H and O–H groups in total. The number of aliphatic hydroxyl groups excluding tert-OH is 1. The molecular weight excluding hydrogens is 330 g/mol. The molecule has 0 bridgehead atoms. The predicted octanol–water partition coefficient (Wildman–Crippen LogP) is 4.48. The molecule has 0 saturated heterocycles. The number of thiophene rings is 1. The van der Waals surface area contributed by atoms with Crippen molar-refractivity contribution in [2.75, 3.05) is 11.9 Å². The average molecular weight is 353 g/mol. The number of nitrogens with one attached hydrogen (secondary N) is 1. The summed E-state index contributed by atoms with van der Waals surface area (Å²) in [5.41, 5.74) is 8.11. The quantitative estimate of drug-likeness (QED) is 0.468. The van der Waals surface area contributed by atoms with Crippen LogP contribution in [0.15, 0.2) is 59.6 Å². The van der Waals surface area contributed by atoms with E-state index in [2.05, 4.69) is 42.4 Å². The summed E-state index contributed by atoms with van der Waals surface area (Å²) in [6.45, 7) is 4.53. The second-order valence-corrected chi connectivity index (χ2v) is 7.45. The van der Waals surface area contributed by atoms with Crippen LogP contribution in [0, 0.1) is 0 Å². The minimum atomic E-state index is -0.653. The van der Waals surface area contributed by atoms with Crippen molar-refractivity contribution in [1.29, 1.82) is 0 Å². The van der Waals surface area contributed by atoms with Gasteiger partial charge in [-0.25, -0.2) is 0 Å². The number of rotatable bonds is 5. The van der Waals surface area contributed by atoms with Crippen LogP contribution in [0.5, 0.6) is 0 Å². The molecule has 0 aliphatic rings. The number of guanidine groups is 1. The van der Waals surface area contributed by atoms with E-state index in [4.69, 9.17) is 5.73 Å². The third-order valence-electron chi connectivity index (χ3n) is 4.03. The largest absolute Gasteiger partial charge is 0.386 e. The minimum absolute atomic E-state index is 0.232. The summed E-state index contributed by atoms with van der Waals surface area (Å²) in [7, 11) is 0. The number of aliphatic hydroxyl groups is 1. The Hall–Kier alpha value is -2.37. The molecule has 3 rings (SSSR count). The van der Waals surface area contributed by atoms with Gasteiger partial charge in [0.15, 0.2) is 5.96 Å². The summed E-state index contributed by atoms with van der Waals surface area (Å²) in [5.74, 6) is 0.760. The molecule has 2 aromatic carbocycles. The Morgan fingerprint density at radius 1 is 1.16 bits per heavy atom. The third-order valence-corrected chi connectivity index (χ3v) is 5.25. The van der Waals surface area contributed by atoms with E-state index in [1.807, 2.05) is 36.4 Å². The van der Waals surface area contributed by atoms with Crippen LogP contribution < -0.4 is 11.1 Å². The topological polar surface area (TPSA) is 70.6 Å². The van der Waals surface area contributed by atoms with Crippen molar-refractivity contribution in [1.82, 2.24) is 0 Å². The monoisotopic (exact) mass is 353 g/mol. The lowest BCUT2D eigenvalue weighted by molar-refractivity contribution is 0.191. The normalized spacial score (nSPS) is 13.4. The van der Waals surface area contributed by atoms with Crippen LogP contribution in [0.4, 0.5) is 5.69 Å². The van der Waals surface area contributed by atoms with Gasteiger partial charge in [-0.05, 0) is 41.1 Å².